The van der Waals surface area contributed by atoms with Crippen LogP contribution in [0.1, 0.15) is 35.4 Å². The van der Waals surface area contributed by atoms with Crippen molar-refractivity contribution in [3.05, 3.63) is 71.1 Å². The second-order valence-electron chi connectivity index (χ2n) is 6.06. The van der Waals surface area contributed by atoms with Gasteiger partial charge in [0.1, 0.15) is 5.76 Å². The van der Waals surface area contributed by atoms with Gasteiger partial charge in [-0.2, -0.15) is 8.42 Å². The van der Waals surface area contributed by atoms with Crippen LogP contribution >= 0.6 is 0 Å². The molecule has 0 aliphatic carbocycles. The van der Waals surface area contributed by atoms with Gasteiger partial charge in [-0.05, 0) is 37.6 Å². The van der Waals surface area contributed by atoms with Crippen molar-refractivity contribution >= 4 is 10.1 Å². The summed E-state index contributed by atoms with van der Waals surface area (Å²) >= 11 is 0. The van der Waals surface area contributed by atoms with Crippen LogP contribution in [0, 0.1) is 13.8 Å². The molecule has 0 aliphatic rings. The summed E-state index contributed by atoms with van der Waals surface area (Å²) in [6, 6.07) is 14.3. The Morgan fingerprint density at radius 2 is 1.76 bits per heavy atom. The normalized spacial score (nSPS) is 13.0. The van der Waals surface area contributed by atoms with E-state index in [2.05, 4.69) is 4.98 Å². The molecule has 6 heteroatoms. The molecule has 3 rings (SSSR count). The van der Waals surface area contributed by atoms with E-state index in [1.165, 1.54) is 6.07 Å². The van der Waals surface area contributed by atoms with Crippen molar-refractivity contribution in [2.45, 2.75) is 31.6 Å². The minimum atomic E-state index is -4.32. The number of aryl methyl sites for hydroxylation is 2. The highest BCUT2D eigenvalue weighted by atomic mass is 32.2. The minimum absolute atomic E-state index is 0.103. The number of benzene rings is 2. The second-order valence-corrected chi connectivity index (χ2v) is 7.45. The zero-order valence-corrected chi connectivity index (χ0v) is 15.0. The summed E-state index contributed by atoms with van der Waals surface area (Å²) in [5, 5.41) is 0. The molecular formula is C19H19NO4S. The number of hydrogen-bond acceptors (Lipinski definition) is 4. The average Bonchev–Trinajstić information content (AvgIpc) is 2.95. The van der Waals surface area contributed by atoms with Crippen LogP contribution in [0.4, 0.5) is 0 Å². The molecule has 0 bridgehead atoms. The van der Waals surface area contributed by atoms with E-state index in [0.717, 1.165) is 11.1 Å². The van der Waals surface area contributed by atoms with Crippen molar-refractivity contribution in [3.8, 4) is 11.5 Å². The van der Waals surface area contributed by atoms with Crippen molar-refractivity contribution in [2.24, 2.45) is 0 Å². The van der Waals surface area contributed by atoms with Gasteiger partial charge in [-0.3, -0.25) is 4.55 Å². The molecule has 0 fully saturated rings. The summed E-state index contributed by atoms with van der Waals surface area (Å²) in [4.78, 5) is 4.46. The maximum Gasteiger partial charge on any atom is 0.294 e. The maximum absolute atomic E-state index is 11.7. The van der Waals surface area contributed by atoms with E-state index in [9.17, 15) is 13.0 Å². The van der Waals surface area contributed by atoms with Gasteiger partial charge in [0.25, 0.3) is 10.1 Å². The molecule has 0 saturated heterocycles. The van der Waals surface area contributed by atoms with Crippen LogP contribution < -0.4 is 0 Å². The number of hydrogen-bond donors (Lipinski definition) is 1. The van der Waals surface area contributed by atoms with Gasteiger partial charge in [0, 0.05) is 11.5 Å². The SMILES string of the molecule is Cc1ccc(S(=O)(=O)O)c(C(C)c2nc(-c3ccccc3)oc2C)c1. The third-order valence-corrected chi connectivity index (χ3v) is 5.10. The van der Waals surface area contributed by atoms with E-state index in [0.29, 0.717) is 22.9 Å². The largest absolute Gasteiger partial charge is 0.441 e. The zero-order chi connectivity index (χ0) is 18.2. The highest BCUT2D eigenvalue weighted by Gasteiger charge is 2.25. The number of oxazole rings is 1. The highest BCUT2D eigenvalue weighted by Crippen LogP contribution is 2.33. The Morgan fingerprint density at radius 3 is 2.40 bits per heavy atom. The molecule has 0 saturated carbocycles. The molecule has 1 aromatic heterocycles. The first-order chi connectivity index (χ1) is 11.8. The third kappa shape index (κ3) is 3.50. The maximum atomic E-state index is 11.7. The van der Waals surface area contributed by atoms with E-state index in [1.54, 1.807) is 19.1 Å². The molecule has 5 nitrogen and oxygen atoms in total. The average molecular weight is 357 g/mol. The lowest BCUT2D eigenvalue weighted by atomic mass is 9.95. The van der Waals surface area contributed by atoms with E-state index >= 15 is 0 Å². The van der Waals surface area contributed by atoms with E-state index in [-0.39, 0.29) is 10.8 Å². The van der Waals surface area contributed by atoms with Crippen LogP contribution in [0.25, 0.3) is 11.5 Å². The van der Waals surface area contributed by atoms with Crippen molar-refractivity contribution in [3.63, 3.8) is 0 Å². The quantitative estimate of drug-likeness (QED) is 0.702. The van der Waals surface area contributed by atoms with Crippen LogP contribution in [0.5, 0.6) is 0 Å². The molecule has 0 aliphatic heterocycles. The highest BCUT2D eigenvalue weighted by molar-refractivity contribution is 7.85. The summed E-state index contributed by atoms with van der Waals surface area (Å²) in [7, 11) is -4.32. The number of aromatic nitrogens is 1. The van der Waals surface area contributed by atoms with Crippen molar-refractivity contribution in [1.29, 1.82) is 0 Å². The Balaban J connectivity index is 2.10. The van der Waals surface area contributed by atoms with Crippen LogP contribution in [-0.4, -0.2) is 18.0 Å². The van der Waals surface area contributed by atoms with Gasteiger partial charge in [-0.25, -0.2) is 4.98 Å². The van der Waals surface area contributed by atoms with Crippen molar-refractivity contribution in [2.75, 3.05) is 0 Å². The standard InChI is InChI=1S/C19H19NO4S/c1-12-9-10-17(25(21,22)23)16(11-12)13(2)18-14(3)24-19(20-18)15-7-5-4-6-8-15/h4-11,13H,1-3H3,(H,21,22,23). The predicted molar refractivity (Wildman–Crippen MR) is 95.2 cm³/mol. The lowest BCUT2D eigenvalue weighted by Gasteiger charge is -2.14. The smallest absolute Gasteiger partial charge is 0.294 e. The summed E-state index contributed by atoms with van der Waals surface area (Å²) in [5.41, 5.74) is 2.90. The molecule has 1 N–H and O–H groups in total. The molecule has 0 radical (unpaired) electrons. The topological polar surface area (TPSA) is 80.4 Å². The Hall–Kier alpha value is -2.44. The molecule has 0 spiro atoms. The fourth-order valence-corrected chi connectivity index (χ4v) is 3.68. The molecule has 0 amide bonds. The fourth-order valence-electron chi connectivity index (χ4n) is 2.90. The molecule has 130 valence electrons. The Morgan fingerprint density at radius 1 is 1.08 bits per heavy atom. The van der Waals surface area contributed by atoms with Crippen LogP contribution in [0.15, 0.2) is 57.8 Å². The first-order valence-corrected chi connectivity index (χ1v) is 9.32. The lowest BCUT2D eigenvalue weighted by molar-refractivity contribution is 0.481. The molecule has 1 unspecified atom stereocenters. The zero-order valence-electron chi connectivity index (χ0n) is 14.2. The molecule has 1 atom stereocenters. The van der Waals surface area contributed by atoms with E-state index in [1.807, 2.05) is 44.2 Å². The minimum Gasteiger partial charge on any atom is -0.441 e. The number of nitrogens with zero attached hydrogens (tertiary/aromatic N) is 1. The van der Waals surface area contributed by atoms with Gasteiger partial charge in [-0.1, -0.05) is 42.8 Å². The Bertz CT molecular complexity index is 1010. The van der Waals surface area contributed by atoms with Crippen molar-refractivity contribution in [1.82, 2.24) is 4.98 Å². The summed E-state index contributed by atoms with van der Waals surface area (Å²) < 4.78 is 38.8. The van der Waals surface area contributed by atoms with Gasteiger partial charge in [0.15, 0.2) is 0 Å². The summed E-state index contributed by atoms with van der Waals surface area (Å²) in [6.07, 6.45) is 0. The van der Waals surface area contributed by atoms with Gasteiger partial charge < -0.3 is 4.42 Å². The van der Waals surface area contributed by atoms with E-state index in [4.69, 9.17) is 4.42 Å². The Kier molecular flexibility index (Phi) is 4.49. The first kappa shape index (κ1) is 17.4. The second kappa shape index (κ2) is 6.46. The van der Waals surface area contributed by atoms with Gasteiger partial charge in [-0.15, -0.1) is 0 Å². The molecule has 2 aromatic carbocycles. The fraction of sp³-hybridized carbons (Fsp3) is 0.211. The third-order valence-electron chi connectivity index (χ3n) is 4.17. The van der Waals surface area contributed by atoms with Crippen molar-refractivity contribution < 1.29 is 17.4 Å². The van der Waals surface area contributed by atoms with Crippen LogP contribution in [0.3, 0.4) is 0 Å². The summed E-state index contributed by atoms with van der Waals surface area (Å²) in [6.45, 7) is 5.52. The van der Waals surface area contributed by atoms with Gasteiger partial charge in [0.2, 0.25) is 5.89 Å². The number of rotatable bonds is 4. The predicted octanol–water partition coefficient (Wildman–Crippen LogP) is 4.36. The molecule has 3 aromatic rings. The van der Waals surface area contributed by atoms with Gasteiger partial charge in [0.05, 0.1) is 10.6 Å². The molecular weight excluding hydrogens is 338 g/mol. The van der Waals surface area contributed by atoms with E-state index < -0.39 is 10.1 Å². The van der Waals surface area contributed by atoms with Crippen LogP contribution in [0.2, 0.25) is 0 Å². The molecule has 1 heterocycles. The Labute approximate surface area is 147 Å². The lowest BCUT2D eigenvalue weighted by Crippen LogP contribution is -2.08. The molecule has 25 heavy (non-hydrogen) atoms. The monoisotopic (exact) mass is 357 g/mol. The first-order valence-electron chi connectivity index (χ1n) is 7.88. The summed E-state index contributed by atoms with van der Waals surface area (Å²) in [5.74, 6) is 0.758. The van der Waals surface area contributed by atoms with Gasteiger partial charge >= 0.3 is 0 Å². The van der Waals surface area contributed by atoms with Crippen LogP contribution in [-0.2, 0) is 10.1 Å².